The molecule has 0 saturated heterocycles. The summed E-state index contributed by atoms with van der Waals surface area (Å²) in [5.74, 6) is 3.70. The van der Waals surface area contributed by atoms with E-state index in [1.54, 1.807) is 0 Å². The van der Waals surface area contributed by atoms with Crippen LogP contribution in [0.15, 0.2) is 202 Å². The predicted octanol–water partition coefficient (Wildman–Crippen LogP) is 10.3. The molecule has 4 heterocycles. The van der Waals surface area contributed by atoms with E-state index in [4.69, 9.17) is 9.47 Å². The van der Waals surface area contributed by atoms with Crippen LogP contribution in [0.4, 0.5) is 0 Å². The van der Waals surface area contributed by atoms with Gasteiger partial charge in [-0.3, -0.25) is 0 Å². The third-order valence-corrected chi connectivity index (χ3v) is 18.9. The monoisotopic (exact) mass is 742 g/mol. The van der Waals surface area contributed by atoms with E-state index < -0.39 is 13.5 Å². The third-order valence-electron chi connectivity index (χ3n) is 11.7. The van der Waals surface area contributed by atoms with Crippen LogP contribution in [0.1, 0.15) is 22.3 Å². The molecule has 0 aliphatic carbocycles. The second-order valence-electron chi connectivity index (χ2n) is 14.3. The Hall–Kier alpha value is -5.72. The minimum atomic E-state index is -2.88. The molecule has 0 atom stereocenters. The summed E-state index contributed by atoms with van der Waals surface area (Å²) >= 11 is 3.77. The molecule has 8 aromatic carbocycles. The van der Waals surface area contributed by atoms with Gasteiger partial charge in [-0.15, -0.1) is 0 Å². The number of benzene rings is 8. The molecule has 0 radical (unpaired) electrons. The van der Waals surface area contributed by atoms with Gasteiger partial charge in [-0.2, -0.15) is 0 Å². The highest BCUT2D eigenvalue weighted by atomic mass is 32.2. The van der Waals surface area contributed by atoms with Crippen molar-refractivity contribution < 1.29 is 9.47 Å². The highest BCUT2D eigenvalue weighted by Gasteiger charge is 2.53. The van der Waals surface area contributed by atoms with Crippen molar-refractivity contribution >= 4 is 52.3 Å². The van der Waals surface area contributed by atoms with E-state index in [1.807, 2.05) is 23.5 Å². The molecule has 0 bridgehead atoms. The Labute approximate surface area is 323 Å². The number of para-hydroxylation sites is 3. The maximum absolute atomic E-state index is 6.81. The SMILES string of the molecule is c1ccc2c(c1)Oc1ccccc1[Si]21c2ccccc2Oc2ccc(-c3ccc4c(c3)C3(c5ccccc5Sc5ccccc53)c3ccccc3S4)cc21. The number of hydrogen-bond acceptors (Lipinski definition) is 4. The van der Waals surface area contributed by atoms with Gasteiger partial charge in [0.05, 0.1) is 5.41 Å². The van der Waals surface area contributed by atoms with Crippen molar-refractivity contribution in [3.63, 3.8) is 0 Å². The Morgan fingerprint density at radius 2 is 0.722 bits per heavy atom. The van der Waals surface area contributed by atoms with Crippen LogP contribution in [-0.4, -0.2) is 8.07 Å². The van der Waals surface area contributed by atoms with Gasteiger partial charge in [0.25, 0.3) is 0 Å². The molecular weight excluding hydrogens is 713 g/mol. The first-order valence-corrected chi connectivity index (χ1v) is 22.0. The van der Waals surface area contributed by atoms with Gasteiger partial charge in [-0.25, -0.2) is 0 Å². The number of fused-ring (bicyclic) bond motifs is 16. The topological polar surface area (TPSA) is 18.5 Å². The van der Waals surface area contributed by atoms with Gasteiger partial charge in [0.15, 0.2) is 8.07 Å². The summed E-state index contributed by atoms with van der Waals surface area (Å²) in [5.41, 5.74) is 7.28. The Balaban J connectivity index is 1.14. The quantitative estimate of drug-likeness (QED) is 0.156. The summed E-state index contributed by atoms with van der Waals surface area (Å²) in [6.07, 6.45) is 0. The minimum Gasteiger partial charge on any atom is -0.458 e. The number of hydrogen-bond donors (Lipinski definition) is 0. The summed E-state index contributed by atoms with van der Waals surface area (Å²) in [7, 11) is -2.88. The Morgan fingerprint density at radius 3 is 1.24 bits per heavy atom. The fraction of sp³-hybridized carbons (Fsp3) is 0.0204. The van der Waals surface area contributed by atoms with E-state index in [0.29, 0.717) is 0 Å². The average molecular weight is 743 g/mol. The Morgan fingerprint density at radius 1 is 0.333 bits per heavy atom. The predicted molar refractivity (Wildman–Crippen MR) is 222 cm³/mol. The maximum Gasteiger partial charge on any atom is 0.196 e. The van der Waals surface area contributed by atoms with E-state index in [9.17, 15) is 0 Å². The zero-order valence-electron chi connectivity index (χ0n) is 29.0. The fourth-order valence-corrected chi connectivity index (χ4v) is 17.1. The van der Waals surface area contributed by atoms with Crippen LogP contribution in [0.5, 0.6) is 23.0 Å². The van der Waals surface area contributed by atoms with Crippen molar-refractivity contribution in [2.24, 2.45) is 0 Å². The van der Waals surface area contributed by atoms with Gasteiger partial charge in [0.2, 0.25) is 0 Å². The van der Waals surface area contributed by atoms with E-state index in [2.05, 4.69) is 182 Å². The van der Waals surface area contributed by atoms with Gasteiger partial charge >= 0.3 is 0 Å². The largest absolute Gasteiger partial charge is 0.458 e. The van der Waals surface area contributed by atoms with Crippen LogP contribution >= 0.6 is 23.5 Å². The molecule has 8 aromatic rings. The first kappa shape index (κ1) is 30.7. The second-order valence-corrected chi connectivity index (χ2v) is 20.1. The lowest BCUT2D eigenvalue weighted by molar-refractivity contribution is 0.481. The third kappa shape index (κ3) is 3.99. The maximum atomic E-state index is 6.81. The summed E-state index contributed by atoms with van der Waals surface area (Å²) in [6, 6.07) is 67.1. The van der Waals surface area contributed by atoms with Gasteiger partial charge < -0.3 is 9.47 Å². The second kappa shape index (κ2) is 11.4. The lowest BCUT2D eigenvalue weighted by atomic mass is 9.64. The fourth-order valence-electron chi connectivity index (χ4n) is 9.59. The molecule has 2 nitrogen and oxygen atoms in total. The lowest BCUT2D eigenvalue weighted by Crippen LogP contribution is -2.77. The zero-order chi connectivity index (χ0) is 35.4. The number of rotatable bonds is 1. The molecule has 5 heteroatoms. The van der Waals surface area contributed by atoms with E-state index in [1.165, 1.54) is 73.7 Å². The normalized spacial score (nSPS) is 15.5. The van der Waals surface area contributed by atoms with Crippen molar-refractivity contribution in [2.75, 3.05) is 0 Å². The lowest BCUT2D eigenvalue weighted by Gasteiger charge is -2.45. The highest BCUT2D eigenvalue weighted by Crippen LogP contribution is 2.61. The van der Waals surface area contributed by atoms with Gasteiger partial charge in [-0.1, -0.05) is 151 Å². The molecule has 0 fully saturated rings. The first-order valence-electron chi connectivity index (χ1n) is 18.3. The first-order chi connectivity index (χ1) is 26.7. The molecule has 0 N–H and O–H groups in total. The Kier molecular flexibility index (Phi) is 6.48. The molecule has 0 unspecified atom stereocenters. The van der Waals surface area contributed by atoms with Crippen molar-refractivity contribution in [1.29, 1.82) is 0 Å². The molecule has 54 heavy (non-hydrogen) atoms. The molecule has 12 rings (SSSR count). The van der Waals surface area contributed by atoms with Crippen LogP contribution in [0, 0.1) is 0 Å². The molecule has 0 amide bonds. The van der Waals surface area contributed by atoms with Crippen molar-refractivity contribution in [3.05, 3.63) is 204 Å². The van der Waals surface area contributed by atoms with Gasteiger partial charge in [0.1, 0.15) is 23.0 Å². The van der Waals surface area contributed by atoms with E-state index >= 15 is 0 Å². The molecule has 4 aliphatic rings. The standard InChI is InChI=1S/C49H30O2S2Si/c1-7-19-41-33(13-1)49(34-14-2-8-20-42(34)52-41)35-15-3-9-21-43(35)53-44-28-26-31(29-36(44)49)32-25-27-40-48(30-32)54(47-24-12-6-18-39(47)51-40)45-22-10-4-16-37(45)50-38-17-5-11-23-46(38)54/h1-30H. The highest BCUT2D eigenvalue weighted by molar-refractivity contribution is 8.00. The molecule has 254 valence electrons. The number of ether oxygens (including phenoxy) is 2. The summed E-state index contributed by atoms with van der Waals surface area (Å²) in [4.78, 5) is 5.22. The molecule has 0 aromatic heterocycles. The minimum absolute atomic E-state index is 0.462. The zero-order valence-corrected chi connectivity index (χ0v) is 31.6. The summed E-state index contributed by atoms with van der Waals surface area (Å²) < 4.78 is 13.5. The van der Waals surface area contributed by atoms with Gasteiger partial charge in [-0.05, 0) is 109 Å². The summed E-state index contributed by atoms with van der Waals surface area (Å²) in [5, 5.41) is 5.01. The van der Waals surface area contributed by atoms with Crippen molar-refractivity contribution in [3.8, 4) is 34.1 Å². The average Bonchev–Trinajstić information content (AvgIpc) is 3.23. The molecule has 0 saturated carbocycles. The van der Waals surface area contributed by atoms with Crippen LogP contribution < -0.4 is 30.2 Å². The molecule has 4 aliphatic heterocycles. The van der Waals surface area contributed by atoms with Crippen molar-refractivity contribution in [1.82, 2.24) is 0 Å². The summed E-state index contributed by atoms with van der Waals surface area (Å²) in [6.45, 7) is 0. The van der Waals surface area contributed by atoms with E-state index in [-0.39, 0.29) is 0 Å². The van der Waals surface area contributed by atoms with Crippen molar-refractivity contribution in [2.45, 2.75) is 25.0 Å². The van der Waals surface area contributed by atoms with E-state index in [0.717, 1.165) is 23.0 Å². The Bertz CT molecular complexity index is 2480. The smallest absolute Gasteiger partial charge is 0.196 e. The van der Waals surface area contributed by atoms with Crippen LogP contribution in [0.2, 0.25) is 0 Å². The molecule has 2 spiro atoms. The van der Waals surface area contributed by atoms with Crippen LogP contribution in [0.25, 0.3) is 11.1 Å². The molecular formula is C49H30O2S2Si. The van der Waals surface area contributed by atoms with Gasteiger partial charge in [0, 0.05) is 19.6 Å². The van der Waals surface area contributed by atoms with Crippen LogP contribution in [-0.2, 0) is 5.41 Å². The van der Waals surface area contributed by atoms with Crippen LogP contribution in [0.3, 0.4) is 0 Å².